The Labute approximate surface area is 192 Å². The summed E-state index contributed by atoms with van der Waals surface area (Å²) in [5, 5.41) is 14.1. The second-order valence-electron chi connectivity index (χ2n) is 7.70. The summed E-state index contributed by atoms with van der Waals surface area (Å²) in [4.78, 5) is 16.5. The Morgan fingerprint density at radius 2 is 1.76 bits per heavy atom. The van der Waals surface area contributed by atoms with E-state index in [0.717, 1.165) is 11.1 Å². The van der Waals surface area contributed by atoms with Gasteiger partial charge < -0.3 is 24.9 Å². The van der Waals surface area contributed by atoms with Gasteiger partial charge in [0.2, 0.25) is 0 Å². The van der Waals surface area contributed by atoms with Crippen LogP contribution in [-0.2, 0) is 19.6 Å². The Balaban J connectivity index is 1.27. The van der Waals surface area contributed by atoms with Crippen molar-refractivity contribution in [1.29, 1.82) is 0 Å². The number of anilines is 1. The van der Waals surface area contributed by atoms with E-state index in [2.05, 4.69) is 19.9 Å². The Morgan fingerprint density at radius 3 is 2.44 bits per heavy atom. The van der Waals surface area contributed by atoms with E-state index in [0.29, 0.717) is 45.0 Å². The molecule has 1 aromatic heterocycles. The number of hydrogen-bond donors (Lipinski definition) is 1. The molecule has 0 unspecified atom stereocenters. The van der Waals surface area contributed by atoms with Gasteiger partial charge in [-0.1, -0.05) is 24.3 Å². The predicted octanol–water partition coefficient (Wildman–Crippen LogP) is 4.20. The number of aromatic nitrogens is 2. The van der Waals surface area contributed by atoms with Gasteiger partial charge in [-0.3, -0.25) is 9.47 Å². The lowest BCUT2D eigenvalue weighted by Gasteiger charge is -2.24. The van der Waals surface area contributed by atoms with Crippen LogP contribution in [-0.4, -0.2) is 45.4 Å². The van der Waals surface area contributed by atoms with Gasteiger partial charge in [-0.25, -0.2) is 0 Å². The number of imidazole rings is 1. The highest BCUT2D eigenvalue weighted by atomic mass is 19.4. The first-order valence-electron chi connectivity index (χ1n) is 10.5. The van der Waals surface area contributed by atoms with E-state index in [-0.39, 0.29) is 17.6 Å². The summed E-state index contributed by atoms with van der Waals surface area (Å²) >= 11 is 0. The molecular formula is C22H22F3N5O4. The fraction of sp³-hybridized carbons (Fsp3) is 0.318. The second kappa shape index (κ2) is 10.00. The number of alkyl halides is 3. The topological polar surface area (TPSA) is 94.7 Å². The van der Waals surface area contributed by atoms with Gasteiger partial charge in [0.15, 0.2) is 0 Å². The maximum atomic E-state index is 12.2. The first-order chi connectivity index (χ1) is 16.2. The van der Waals surface area contributed by atoms with Gasteiger partial charge >= 0.3 is 18.2 Å². The zero-order valence-corrected chi connectivity index (χ0v) is 18.0. The van der Waals surface area contributed by atoms with Gasteiger partial charge in [-0.05, 0) is 40.3 Å². The van der Waals surface area contributed by atoms with Gasteiger partial charge in [0.05, 0.1) is 0 Å². The number of ether oxygens (including phenoxy) is 2. The first-order valence-corrected chi connectivity index (χ1v) is 10.5. The zero-order valence-electron chi connectivity index (χ0n) is 18.0. The molecule has 34 heavy (non-hydrogen) atoms. The molecule has 0 amide bonds. The van der Waals surface area contributed by atoms with E-state index in [1.807, 2.05) is 24.3 Å². The van der Waals surface area contributed by atoms with E-state index < -0.39 is 11.3 Å². The van der Waals surface area contributed by atoms with Crippen LogP contribution >= 0.6 is 0 Å². The fourth-order valence-corrected chi connectivity index (χ4v) is 3.53. The van der Waals surface area contributed by atoms with Crippen LogP contribution in [0.4, 0.5) is 24.7 Å². The van der Waals surface area contributed by atoms with Crippen LogP contribution in [0.2, 0.25) is 0 Å². The molecule has 9 nitrogen and oxygen atoms in total. The maximum absolute atomic E-state index is 12.2. The predicted molar refractivity (Wildman–Crippen MR) is 117 cm³/mol. The molecule has 0 bridgehead atoms. The number of rotatable bonds is 7. The van der Waals surface area contributed by atoms with Gasteiger partial charge in [0.1, 0.15) is 18.6 Å². The van der Waals surface area contributed by atoms with Gasteiger partial charge in [-0.2, -0.15) is 0 Å². The smallest absolute Gasteiger partial charge is 0.444 e. The van der Waals surface area contributed by atoms with Crippen LogP contribution in [0.15, 0.2) is 54.7 Å². The van der Waals surface area contributed by atoms with Crippen molar-refractivity contribution in [2.45, 2.75) is 26.0 Å². The lowest BCUT2D eigenvalue weighted by Crippen LogP contribution is -2.33. The Morgan fingerprint density at radius 1 is 1.06 bits per heavy atom. The normalized spacial score (nSPS) is 14.4. The van der Waals surface area contributed by atoms with Crippen molar-refractivity contribution in [3.8, 4) is 11.8 Å². The van der Waals surface area contributed by atoms with Crippen LogP contribution in [0.3, 0.4) is 0 Å². The molecule has 12 heteroatoms. The van der Waals surface area contributed by atoms with Crippen molar-refractivity contribution in [2.24, 2.45) is 0 Å². The second-order valence-corrected chi connectivity index (χ2v) is 7.70. The van der Waals surface area contributed by atoms with Gasteiger partial charge in [-0.15, -0.1) is 13.2 Å². The standard InChI is InChI=1S/C22H22F3N5O4/c23-22(24,25)34-19-7-5-18(6-8-19)26-13-16-1-3-17(4-2-16)14-28-9-10-29-15-20(30(31)32)27-21(29)33-12-11-28/h1-8,15,26H,9-14H2. The highest BCUT2D eigenvalue weighted by molar-refractivity contribution is 5.47. The fourth-order valence-electron chi connectivity index (χ4n) is 3.53. The van der Waals surface area contributed by atoms with Crippen molar-refractivity contribution < 1.29 is 27.6 Å². The lowest BCUT2D eigenvalue weighted by atomic mass is 10.1. The summed E-state index contributed by atoms with van der Waals surface area (Å²) < 4.78 is 47.8. The maximum Gasteiger partial charge on any atom is 0.573 e. The molecule has 1 N–H and O–H groups in total. The number of nitrogens with zero attached hydrogens (tertiary/aromatic N) is 4. The number of nitro groups is 1. The van der Waals surface area contributed by atoms with Crippen LogP contribution in [0, 0.1) is 10.1 Å². The molecule has 0 atom stereocenters. The lowest BCUT2D eigenvalue weighted by molar-refractivity contribution is -0.389. The zero-order chi connectivity index (χ0) is 24.1. The number of halogens is 3. The number of nitrogens with one attached hydrogen (secondary N) is 1. The molecule has 0 radical (unpaired) electrons. The van der Waals surface area contributed by atoms with E-state index in [1.165, 1.54) is 30.5 Å². The number of hydrogen-bond acceptors (Lipinski definition) is 7. The molecular weight excluding hydrogens is 455 g/mol. The Hall–Kier alpha value is -3.80. The summed E-state index contributed by atoms with van der Waals surface area (Å²) in [5.41, 5.74) is 2.80. The van der Waals surface area contributed by atoms with Crippen molar-refractivity contribution in [3.63, 3.8) is 0 Å². The molecule has 3 aromatic rings. The van der Waals surface area contributed by atoms with Crippen LogP contribution in [0.5, 0.6) is 11.8 Å². The molecule has 0 saturated carbocycles. The summed E-state index contributed by atoms with van der Waals surface area (Å²) in [6.07, 6.45) is -3.32. The molecule has 2 aromatic carbocycles. The van der Waals surface area contributed by atoms with Gasteiger partial charge in [0.25, 0.3) is 0 Å². The van der Waals surface area contributed by atoms with Crippen molar-refractivity contribution >= 4 is 11.5 Å². The van der Waals surface area contributed by atoms with Crippen LogP contribution < -0.4 is 14.8 Å². The number of benzene rings is 2. The minimum absolute atomic E-state index is 0.224. The molecule has 0 saturated heterocycles. The van der Waals surface area contributed by atoms with E-state index in [9.17, 15) is 23.3 Å². The molecule has 0 aliphatic carbocycles. The third-order valence-corrected chi connectivity index (χ3v) is 5.22. The summed E-state index contributed by atoms with van der Waals surface area (Å²) in [6.45, 7) is 3.48. The minimum Gasteiger partial charge on any atom is -0.444 e. The van der Waals surface area contributed by atoms with Crippen LogP contribution in [0.25, 0.3) is 0 Å². The summed E-state index contributed by atoms with van der Waals surface area (Å²) in [7, 11) is 0. The van der Waals surface area contributed by atoms with Crippen LogP contribution in [0.1, 0.15) is 11.1 Å². The summed E-state index contributed by atoms with van der Waals surface area (Å²) in [5.74, 6) is -0.488. The van der Waals surface area contributed by atoms with Crippen molar-refractivity contribution in [2.75, 3.05) is 25.0 Å². The van der Waals surface area contributed by atoms with Crippen molar-refractivity contribution in [3.05, 3.63) is 76.0 Å². The molecule has 180 valence electrons. The average Bonchev–Trinajstić information content (AvgIpc) is 3.18. The average molecular weight is 477 g/mol. The third kappa shape index (κ3) is 6.38. The van der Waals surface area contributed by atoms with E-state index in [1.54, 1.807) is 4.57 Å². The largest absolute Gasteiger partial charge is 0.573 e. The molecule has 0 spiro atoms. The number of fused-ring (bicyclic) bond motifs is 1. The Kier molecular flexibility index (Phi) is 6.87. The minimum atomic E-state index is -4.71. The Bertz CT molecular complexity index is 1120. The highest BCUT2D eigenvalue weighted by Gasteiger charge is 2.31. The molecule has 1 aliphatic rings. The van der Waals surface area contributed by atoms with E-state index >= 15 is 0 Å². The SMILES string of the molecule is O=[N+]([O-])c1cn2c(n1)OCCN(Cc1ccc(CNc3ccc(OC(F)(F)F)cc3)cc1)CC2. The van der Waals surface area contributed by atoms with Gasteiger partial charge in [0, 0.05) is 43.4 Å². The quantitative estimate of drug-likeness (QED) is 0.403. The van der Waals surface area contributed by atoms with E-state index in [4.69, 9.17) is 4.74 Å². The molecule has 2 heterocycles. The molecule has 1 aliphatic heterocycles. The third-order valence-electron chi connectivity index (χ3n) is 5.22. The van der Waals surface area contributed by atoms with Crippen molar-refractivity contribution in [1.82, 2.24) is 14.5 Å². The monoisotopic (exact) mass is 477 g/mol. The summed E-state index contributed by atoms with van der Waals surface area (Å²) in [6, 6.07) is 13.9. The first kappa shape index (κ1) is 23.4. The molecule has 4 rings (SSSR count). The molecule has 0 fully saturated rings. The highest BCUT2D eigenvalue weighted by Crippen LogP contribution is 2.24.